The lowest BCUT2D eigenvalue weighted by molar-refractivity contribution is -0.254. The first-order chi connectivity index (χ1) is 7.74. The molecule has 1 aliphatic carbocycles. The van der Waals surface area contributed by atoms with E-state index < -0.39 is 18.2 Å². The second-order valence-corrected chi connectivity index (χ2v) is 4.18. The third-order valence-electron chi connectivity index (χ3n) is 2.83. The largest absolute Gasteiger partial charge is 0.466 e. The molecule has 6 heteroatoms. The molecule has 1 rings (SSSR count). The van der Waals surface area contributed by atoms with Crippen molar-refractivity contribution >= 4 is 0 Å². The van der Waals surface area contributed by atoms with E-state index in [1.54, 1.807) is 5.92 Å². The van der Waals surface area contributed by atoms with Gasteiger partial charge in [0, 0.05) is 0 Å². The van der Waals surface area contributed by atoms with Gasteiger partial charge in [0.1, 0.15) is 6.10 Å². The molecule has 0 saturated heterocycles. The van der Waals surface area contributed by atoms with Crippen LogP contribution in [0.4, 0.5) is 22.0 Å². The topological polar surface area (TPSA) is 20.2 Å². The number of alkyl halides is 5. The lowest BCUT2D eigenvalue weighted by Gasteiger charge is -2.23. The third-order valence-corrected chi connectivity index (χ3v) is 2.83. The van der Waals surface area contributed by atoms with Crippen molar-refractivity contribution in [1.29, 1.82) is 0 Å². The minimum Gasteiger partial charge on any atom is -0.380 e. The number of aliphatic hydroxyl groups excluding tert-OH is 1. The first-order valence-electron chi connectivity index (χ1n) is 5.39. The van der Waals surface area contributed by atoms with Crippen LogP contribution in [0.1, 0.15) is 32.1 Å². The average molecular weight is 256 g/mol. The van der Waals surface area contributed by atoms with Crippen molar-refractivity contribution < 1.29 is 27.1 Å². The smallest absolute Gasteiger partial charge is 0.380 e. The molecule has 17 heavy (non-hydrogen) atoms. The molecule has 1 fully saturated rings. The summed E-state index contributed by atoms with van der Waals surface area (Å²) in [6, 6.07) is 0. The molecule has 0 aromatic heterocycles. The van der Waals surface area contributed by atoms with Crippen molar-refractivity contribution in [3.05, 3.63) is 0 Å². The van der Waals surface area contributed by atoms with Gasteiger partial charge >= 0.3 is 12.1 Å². The van der Waals surface area contributed by atoms with E-state index in [0.29, 0.717) is 12.8 Å². The van der Waals surface area contributed by atoms with Crippen molar-refractivity contribution in [3.8, 4) is 11.8 Å². The fourth-order valence-corrected chi connectivity index (χ4v) is 1.80. The fraction of sp³-hybridized carbons (Fsp3) is 0.818. The number of aliphatic hydroxyl groups is 1. The van der Waals surface area contributed by atoms with Crippen molar-refractivity contribution in [2.24, 2.45) is 5.92 Å². The first kappa shape index (κ1) is 14.2. The number of hydrogen-bond donors (Lipinski definition) is 1. The van der Waals surface area contributed by atoms with Gasteiger partial charge < -0.3 is 5.11 Å². The summed E-state index contributed by atoms with van der Waals surface area (Å²) in [5, 5.41) is 9.43. The molecule has 0 bridgehead atoms. The predicted molar refractivity (Wildman–Crippen MR) is 51.4 cm³/mol. The van der Waals surface area contributed by atoms with Crippen molar-refractivity contribution in [3.63, 3.8) is 0 Å². The number of hydrogen-bond acceptors (Lipinski definition) is 1. The van der Waals surface area contributed by atoms with Gasteiger partial charge in [-0.2, -0.15) is 22.0 Å². The van der Waals surface area contributed by atoms with Crippen LogP contribution in [-0.4, -0.2) is 23.3 Å². The zero-order valence-electron chi connectivity index (χ0n) is 9.03. The van der Waals surface area contributed by atoms with Crippen LogP contribution in [0.3, 0.4) is 0 Å². The van der Waals surface area contributed by atoms with Gasteiger partial charge in [0.2, 0.25) is 0 Å². The zero-order valence-corrected chi connectivity index (χ0v) is 9.03. The Bertz CT molecular complexity index is 306. The highest BCUT2D eigenvalue weighted by Gasteiger charge is 2.56. The maximum atomic E-state index is 12.4. The first-order valence-corrected chi connectivity index (χ1v) is 5.39. The predicted octanol–water partition coefficient (Wildman–Crippen LogP) is 3.13. The van der Waals surface area contributed by atoms with Crippen LogP contribution in [0.25, 0.3) is 0 Å². The molecule has 0 heterocycles. The second kappa shape index (κ2) is 5.21. The highest BCUT2D eigenvalue weighted by Crippen LogP contribution is 2.35. The van der Waals surface area contributed by atoms with E-state index in [2.05, 4.69) is 0 Å². The van der Waals surface area contributed by atoms with Gasteiger partial charge in [0.05, 0.1) is 0 Å². The van der Waals surface area contributed by atoms with Gasteiger partial charge in [-0.1, -0.05) is 25.2 Å². The number of rotatable bonds is 1. The molecular weight excluding hydrogens is 243 g/mol. The van der Waals surface area contributed by atoms with Crippen LogP contribution in [0.5, 0.6) is 0 Å². The van der Waals surface area contributed by atoms with Crippen LogP contribution in [0, 0.1) is 17.8 Å². The van der Waals surface area contributed by atoms with E-state index in [9.17, 15) is 27.1 Å². The third kappa shape index (κ3) is 3.84. The molecule has 1 N–H and O–H groups in total. The van der Waals surface area contributed by atoms with Gasteiger partial charge in [-0.15, -0.1) is 0 Å². The van der Waals surface area contributed by atoms with E-state index in [0.717, 1.165) is 25.2 Å². The van der Waals surface area contributed by atoms with Gasteiger partial charge in [0.15, 0.2) is 0 Å². The van der Waals surface area contributed by atoms with E-state index in [4.69, 9.17) is 0 Å². The SMILES string of the molecule is OC(C#CC(F)(F)C(F)(F)F)C1CCCCC1. The molecule has 0 aromatic rings. The molecule has 0 aliphatic heterocycles. The summed E-state index contributed by atoms with van der Waals surface area (Å²) in [7, 11) is 0. The Kier molecular flexibility index (Phi) is 4.36. The monoisotopic (exact) mass is 256 g/mol. The maximum Gasteiger partial charge on any atom is 0.466 e. The van der Waals surface area contributed by atoms with Crippen molar-refractivity contribution in [2.45, 2.75) is 50.3 Å². The van der Waals surface area contributed by atoms with Gasteiger partial charge in [0.25, 0.3) is 0 Å². The average Bonchev–Trinajstić information content (AvgIpc) is 2.25. The Morgan fingerprint density at radius 2 is 1.53 bits per heavy atom. The molecule has 0 radical (unpaired) electrons. The summed E-state index contributed by atoms with van der Waals surface area (Å²) in [6.45, 7) is 0. The summed E-state index contributed by atoms with van der Waals surface area (Å²) in [5.41, 5.74) is 0. The molecule has 1 aliphatic rings. The summed E-state index contributed by atoms with van der Waals surface area (Å²) in [4.78, 5) is 0. The van der Waals surface area contributed by atoms with E-state index >= 15 is 0 Å². The quantitative estimate of drug-likeness (QED) is 0.564. The lowest BCUT2D eigenvalue weighted by Crippen LogP contribution is -2.35. The molecule has 98 valence electrons. The summed E-state index contributed by atoms with van der Waals surface area (Å²) in [5.74, 6) is -2.87. The lowest BCUT2D eigenvalue weighted by atomic mass is 9.85. The van der Waals surface area contributed by atoms with Gasteiger partial charge in [-0.05, 0) is 24.7 Å². The molecule has 0 amide bonds. The van der Waals surface area contributed by atoms with E-state index in [-0.39, 0.29) is 5.92 Å². The van der Waals surface area contributed by atoms with Crippen molar-refractivity contribution in [1.82, 2.24) is 0 Å². The molecule has 1 nitrogen and oxygen atoms in total. The Morgan fingerprint density at radius 3 is 2.00 bits per heavy atom. The highest BCUT2D eigenvalue weighted by atomic mass is 19.4. The zero-order chi connectivity index (χ0) is 13.1. The minimum atomic E-state index is -5.69. The second-order valence-electron chi connectivity index (χ2n) is 4.18. The Labute approximate surface area is 96.0 Å². The molecular formula is C11H13F5O. The van der Waals surface area contributed by atoms with Crippen molar-refractivity contribution in [2.75, 3.05) is 0 Å². The van der Waals surface area contributed by atoms with Crippen LogP contribution in [-0.2, 0) is 0 Å². The summed E-state index contributed by atoms with van der Waals surface area (Å²) < 4.78 is 60.3. The van der Waals surface area contributed by atoms with Crippen LogP contribution in [0.15, 0.2) is 0 Å². The number of halogens is 5. The van der Waals surface area contributed by atoms with E-state index in [1.807, 2.05) is 0 Å². The molecule has 1 unspecified atom stereocenters. The molecule has 1 saturated carbocycles. The fourth-order valence-electron chi connectivity index (χ4n) is 1.80. The Hall–Kier alpha value is -0.830. The van der Waals surface area contributed by atoms with Gasteiger partial charge in [-0.3, -0.25) is 0 Å². The molecule has 0 spiro atoms. The normalized spacial score (nSPS) is 20.6. The van der Waals surface area contributed by atoms with Crippen LogP contribution < -0.4 is 0 Å². The highest BCUT2D eigenvalue weighted by molar-refractivity contribution is 5.16. The molecule has 0 aromatic carbocycles. The van der Waals surface area contributed by atoms with E-state index in [1.165, 1.54) is 0 Å². The standard InChI is InChI=1S/C11H13F5O/c12-10(13,11(14,15)16)7-6-9(17)8-4-2-1-3-5-8/h8-9,17H,1-5H2. The summed E-state index contributed by atoms with van der Waals surface area (Å²) in [6.07, 6.45) is -3.16. The Morgan fingerprint density at radius 1 is 1.00 bits per heavy atom. The Balaban J connectivity index is 2.64. The maximum absolute atomic E-state index is 12.4. The van der Waals surface area contributed by atoms with Gasteiger partial charge in [-0.25, -0.2) is 0 Å². The van der Waals surface area contributed by atoms with Crippen LogP contribution in [0.2, 0.25) is 0 Å². The summed E-state index contributed by atoms with van der Waals surface area (Å²) >= 11 is 0. The minimum absolute atomic E-state index is 0.291. The van der Waals surface area contributed by atoms with Crippen LogP contribution >= 0.6 is 0 Å². The molecule has 1 atom stereocenters.